The summed E-state index contributed by atoms with van der Waals surface area (Å²) in [6, 6.07) is 7.45. The number of nitrogens with one attached hydrogen (secondary N) is 2. The Labute approximate surface area is 188 Å². The number of hydrogen-bond acceptors (Lipinski definition) is 9. The highest BCUT2D eigenvalue weighted by Crippen LogP contribution is 2.33. The number of nitroso groups, excluding NO2 is 1. The van der Waals surface area contributed by atoms with Crippen molar-refractivity contribution in [3.63, 3.8) is 0 Å². The SMILES string of the molecule is Cc1cc(OC[C@H](CN)N=O)cc(-c2cc(N3CCOCC3)c(C=N)c(NC(C)C)n2)c1. The van der Waals surface area contributed by atoms with E-state index in [4.69, 9.17) is 25.6 Å². The summed E-state index contributed by atoms with van der Waals surface area (Å²) in [7, 11) is 0. The van der Waals surface area contributed by atoms with Crippen molar-refractivity contribution in [3.8, 4) is 17.0 Å². The summed E-state index contributed by atoms with van der Waals surface area (Å²) in [6.07, 6.45) is 1.36. The number of aryl methyl sites for hydroxylation is 1. The minimum absolute atomic E-state index is 0.127. The molecule has 0 aliphatic carbocycles. The van der Waals surface area contributed by atoms with Crippen molar-refractivity contribution < 1.29 is 9.47 Å². The highest BCUT2D eigenvalue weighted by Gasteiger charge is 2.20. The van der Waals surface area contributed by atoms with Crippen LogP contribution in [0.2, 0.25) is 0 Å². The van der Waals surface area contributed by atoms with E-state index in [1.54, 1.807) is 0 Å². The molecule has 2 heterocycles. The lowest BCUT2D eigenvalue weighted by atomic mass is 10.0. The Bertz CT molecular complexity index is 944. The molecule has 1 fully saturated rings. The molecule has 0 radical (unpaired) electrons. The number of nitrogens with two attached hydrogens (primary N) is 1. The summed E-state index contributed by atoms with van der Waals surface area (Å²) in [5.74, 6) is 1.30. The number of benzene rings is 1. The average molecular weight is 441 g/mol. The molecule has 1 saturated heterocycles. The number of anilines is 2. The molecule has 1 aliphatic heterocycles. The van der Waals surface area contributed by atoms with E-state index in [0.29, 0.717) is 24.8 Å². The Morgan fingerprint density at radius 1 is 1.31 bits per heavy atom. The topological polar surface area (TPSA) is 126 Å². The number of morpholine rings is 1. The largest absolute Gasteiger partial charge is 0.491 e. The molecule has 4 N–H and O–H groups in total. The number of nitrogens with zero attached hydrogens (tertiary/aromatic N) is 3. The summed E-state index contributed by atoms with van der Waals surface area (Å²) in [5, 5.41) is 14.4. The van der Waals surface area contributed by atoms with E-state index in [2.05, 4.69) is 15.4 Å². The van der Waals surface area contributed by atoms with Gasteiger partial charge in [-0.1, -0.05) is 5.18 Å². The van der Waals surface area contributed by atoms with Crippen LogP contribution in [0.25, 0.3) is 11.3 Å². The molecule has 1 aliphatic rings. The van der Waals surface area contributed by atoms with Gasteiger partial charge in [0.1, 0.15) is 24.2 Å². The predicted octanol–water partition coefficient (Wildman–Crippen LogP) is 3.18. The van der Waals surface area contributed by atoms with Crippen LogP contribution in [0.1, 0.15) is 25.0 Å². The third kappa shape index (κ3) is 5.80. The number of aromatic nitrogens is 1. The van der Waals surface area contributed by atoms with Crippen molar-refractivity contribution in [2.45, 2.75) is 32.9 Å². The lowest BCUT2D eigenvalue weighted by Gasteiger charge is -2.31. The van der Waals surface area contributed by atoms with Gasteiger partial charge >= 0.3 is 0 Å². The minimum atomic E-state index is -0.585. The zero-order valence-electron chi connectivity index (χ0n) is 18.9. The van der Waals surface area contributed by atoms with Crippen LogP contribution in [0.5, 0.6) is 5.75 Å². The fraction of sp³-hybridized carbons (Fsp3) is 0.478. The van der Waals surface area contributed by atoms with E-state index < -0.39 is 6.04 Å². The van der Waals surface area contributed by atoms with Gasteiger partial charge in [-0.15, -0.1) is 0 Å². The molecule has 0 saturated carbocycles. The van der Waals surface area contributed by atoms with Crippen LogP contribution in [0.3, 0.4) is 0 Å². The molecule has 0 amide bonds. The first-order valence-electron chi connectivity index (χ1n) is 10.9. The fourth-order valence-corrected chi connectivity index (χ4v) is 3.59. The van der Waals surface area contributed by atoms with Crippen LogP contribution in [-0.2, 0) is 4.74 Å². The molecule has 2 aromatic rings. The molecule has 9 heteroatoms. The van der Waals surface area contributed by atoms with Gasteiger partial charge < -0.3 is 30.8 Å². The minimum Gasteiger partial charge on any atom is -0.491 e. The van der Waals surface area contributed by atoms with Crippen LogP contribution < -0.4 is 20.7 Å². The van der Waals surface area contributed by atoms with Gasteiger partial charge in [0.15, 0.2) is 0 Å². The average Bonchev–Trinajstić information content (AvgIpc) is 2.79. The molecule has 32 heavy (non-hydrogen) atoms. The first-order chi connectivity index (χ1) is 15.4. The highest BCUT2D eigenvalue weighted by atomic mass is 16.5. The third-order valence-electron chi connectivity index (χ3n) is 5.17. The van der Waals surface area contributed by atoms with Crippen molar-refractivity contribution in [3.05, 3.63) is 40.3 Å². The molecule has 0 bridgehead atoms. The van der Waals surface area contributed by atoms with E-state index in [-0.39, 0.29) is 19.2 Å². The van der Waals surface area contributed by atoms with Crippen LogP contribution >= 0.6 is 0 Å². The number of ether oxygens (including phenoxy) is 2. The Kier molecular flexibility index (Phi) is 8.13. The molecule has 9 nitrogen and oxygen atoms in total. The van der Waals surface area contributed by atoms with E-state index in [1.807, 2.05) is 45.0 Å². The molecule has 1 atom stereocenters. The molecule has 0 unspecified atom stereocenters. The van der Waals surface area contributed by atoms with Crippen LogP contribution in [-0.4, -0.2) is 62.7 Å². The van der Waals surface area contributed by atoms with Gasteiger partial charge in [-0.3, -0.25) is 0 Å². The van der Waals surface area contributed by atoms with Crippen molar-refractivity contribution in [1.29, 1.82) is 5.41 Å². The van der Waals surface area contributed by atoms with Crippen LogP contribution in [0, 0.1) is 17.2 Å². The van der Waals surface area contributed by atoms with E-state index >= 15 is 0 Å². The standard InChI is InChI=1S/C23H32N6O3/c1-15(2)26-23-20(13-25)22(29-4-6-31-7-5-29)11-21(27-23)17-8-16(3)9-19(10-17)32-14-18(12-24)28-30/h8-11,13,15,18,25H,4-7,12,14,24H2,1-3H3,(H,26,27)/t18-/m0/s1. The normalized spacial score (nSPS) is 14.8. The van der Waals surface area contributed by atoms with Crippen molar-refractivity contribution >= 4 is 17.7 Å². The van der Waals surface area contributed by atoms with Gasteiger partial charge in [-0.05, 0) is 50.6 Å². The molecule has 1 aromatic heterocycles. The Balaban J connectivity index is 2.04. The summed E-state index contributed by atoms with van der Waals surface area (Å²) >= 11 is 0. The summed E-state index contributed by atoms with van der Waals surface area (Å²) in [5.41, 5.74) is 9.93. The van der Waals surface area contributed by atoms with Gasteiger partial charge in [-0.2, -0.15) is 4.91 Å². The zero-order chi connectivity index (χ0) is 23.1. The maximum atomic E-state index is 10.8. The second kappa shape index (κ2) is 11.0. The van der Waals surface area contributed by atoms with Gasteiger partial charge in [0.25, 0.3) is 0 Å². The van der Waals surface area contributed by atoms with Gasteiger partial charge in [-0.25, -0.2) is 4.98 Å². The summed E-state index contributed by atoms with van der Waals surface area (Å²) < 4.78 is 11.3. The lowest BCUT2D eigenvalue weighted by molar-refractivity contribution is 0.122. The van der Waals surface area contributed by atoms with Gasteiger partial charge in [0.05, 0.1) is 30.2 Å². The number of hydrogen-bond donors (Lipinski definition) is 3. The monoisotopic (exact) mass is 440 g/mol. The zero-order valence-corrected chi connectivity index (χ0v) is 18.9. The Hall–Kier alpha value is -3.04. The smallest absolute Gasteiger partial charge is 0.138 e. The quantitative estimate of drug-likeness (QED) is 0.383. The molecule has 172 valence electrons. The third-order valence-corrected chi connectivity index (χ3v) is 5.17. The van der Waals surface area contributed by atoms with Gasteiger partial charge in [0.2, 0.25) is 0 Å². The van der Waals surface area contributed by atoms with Crippen LogP contribution in [0.4, 0.5) is 11.5 Å². The van der Waals surface area contributed by atoms with E-state index in [1.165, 1.54) is 6.21 Å². The van der Waals surface area contributed by atoms with Crippen LogP contribution in [0.15, 0.2) is 29.4 Å². The Morgan fingerprint density at radius 2 is 2.06 bits per heavy atom. The fourth-order valence-electron chi connectivity index (χ4n) is 3.59. The lowest BCUT2D eigenvalue weighted by Crippen LogP contribution is -2.37. The first-order valence-corrected chi connectivity index (χ1v) is 10.9. The van der Waals surface area contributed by atoms with Gasteiger partial charge in [0, 0.05) is 37.5 Å². The maximum absolute atomic E-state index is 10.8. The summed E-state index contributed by atoms with van der Waals surface area (Å²) in [4.78, 5) is 17.9. The Morgan fingerprint density at radius 3 is 2.69 bits per heavy atom. The number of pyridine rings is 1. The van der Waals surface area contributed by atoms with Crippen molar-refractivity contribution in [2.24, 2.45) is 10.9 Å². The predicted molar refractivity (Wildman–Crippen MR) is 128 cm³/mol. The summed E-state index contributed by atoms with van der Waals surface area (Å²) in [6.45, 7) is 9.16. The second-order valence-corrected chi connectivity index (χ2v) is 8.17. The van der Waals surface area contributed by atoms with Crippen molar-refractivity contribution in [1.82, 2.24) is 4.98 Å². The molecular weight excluding hydrogens is 408 g/mol. The van der Waals surface area contributed by atoms with E-state index in [0.717, 1.165) is 41.2 Å². The molecular formula is C23H32N6O3. The van der Waals surface area contributed by atoms with E-state index in [9.17, 15) is 4.91 Å². The molecule has 1 aromatic carbocycles. The molecule has 3 rings (SSSR count). The molecule has 0 spiro atoms. The highest BCUT2D eigenvalue weighted by molar-refractivity contribution is 5.94. The number of rotatable bonds is 10. The first kappa shape index (κ1) is 23.6. The maximum Gasteiger partial charge on any atom is 0.138 e. The second-order valence-electron chi connectivity index (χ2n) is 8.17. The van der Waals surface area contributed by atoms with Crippen molar-refractivity contribution in [2.75, 3.05) is 49.7 Å².